The second kappa shape index (κ2) is 6.99. The van der Waals surface area contributed by atoms with Crippen LogP contribution in [-0.2, 0) is 4.79 Å². The maximum Gasteiger partial charge on any atom is 0.297 e. The van der Waals surface area contributed by atoms with Crippen LogP contribution in [0.3, 0.4) is 0 Å². The Morgan fingerprint density at radius 1 is 1.38 bits per heavy atom. The number of benzene rings is 1. The molecule has 0 saturated carbocycles. The van der Waals surface area contributed by atoms with E-state index in [2.05, 4.69) is 15.6 Å². The lowest BCUT2D eigenvalue weighted by atomic mass is 10.2. The highest BCUT2D eigenvalue weighted by molar-refractivity contribution is 5.94. The van der Waals surface area contributed by atoms with E-state index in [1.165, 1.54) is 4.68 Å². The van der Waals surface area contributed by atoms with Gasteiger partial charge in [-0.2, -0.15) is 5.10 Å². The van der Waals surface area contributed by atoms with Gasteiger partial charge >= 0.3 is 0 Å². The van der Waals surface area contributed by atoms with E-state index < -0.39 is 11.6 Å². The van der Waals surface area contributed by atoms with Gasteiger partial charge in [-0.05, 0) is 32.4 Å². The number of rotatable bonds is 5. The number of methoxy groups -OCH3 is 1. The molecular weight excluding hydrogens is 336 g/mol. The van der Waals surface area contributed by atoms with E-state index in [1.54, 1.807) is 45.2 Å². The Kier molecular flexibility index (Phi) is 4.75. The van der Waals surface area contributed by atoms with Crippen molar-refractivity contribution in [2.45, 2.75) is 33.2 Å². The molecule has 0 radical (unpaired) electrons. The molecule has 1 aromatic carbocycles. The van der Waals surface area contributed by atoms with Gasteiger partial charge in [0.1, 0.15) is 17.6 Å². The molecule has 2 heterocycles. The van der Waals surface area contributed by atoms with E-state index in [0.29, 0.717) is 34.7 Å². The van der Waals surface area contributed by atoms with Crippen LogP contribution in [-0.4, -0.2) is 28.0 Å². The number of aromatic nitrogens is 3. The number of carbonyl (C=O) groups is 1. The number of fused-ring (bicyclic) bond motifs is 1. The van der Waals surface area contributed by atoms with Crippen LogP contribution in [0.4, 0.5) is 5.69 Å². The maximum absolute atomic E-state index is 12.8. The van der Waals surface area contributed by atoms with Crippen LogP contribution in [0.2, 0.25) is 0 Å². The number of aryl methyl sites for hydroxylation is 2. The summed E-state index contributed by atoms with van der Waals surface area (Å²) in [6.45, 7) is 5.30. The highest BCUT2D eigenvalue weighted by Crippen LogP contribution is 2.21. The molecule has 8 heteroatoms. The quantitative estimate of drug-likeness (QED) is 0.754. The van der Waals surface area contributed by atoms with Gasteiger partial charge in [-0.1, -0.05) is 18.1 Å². The zero-order valence-corrected chi connectivity index (χ0v) is 15.1. The zero-order chi connectivity index (χ0) is 18.8. The molecule has 0 aliphatic carbocycles. The highest BCUT2D eigenvalue weighted by Gasteiger charge is 2.24. The molecule has 8 nitrogen and oxygen atoms in total. The third-order valence-electron chi connectivity index (χ3n) is 4.21. The predicted molar refractivity (Wildman–Crippen MR) is 96.5 cm³/mol. The van der Waals surface area contributed by atoms with Crippen LogP contribution < -0.4 is 15.6 Å². The molecular formula is C18H20N4O4. The average Bonchev–Trinajstić information content (AvgIpc) is 3.02. The van der Waals surface area contributed by atoms with Gasteiger partial charge in [0.25, 0.3) is 5.56 Å². The van der Waals surface area contributed by atoms with Crippen molar-refractivity contribution in [1.29, 1.82) is 0 Å². The molecule has 1 atom stereocenters. The first-order valence-electron chi connectivity index (χ1n) is 8.26. The lowest BCUT2D eigenvalue weighted by Crippen LogP contribution is -2.35. The molecule has 1 amide bonds. The first-order chi connectivity index (χ1) is 12.5. The third-order valence-corrected chi connectivity index (χ3v) is 4.21. The molecule has 3 aromatic rings. The minimum Gasteiger partial charge on any atom is -0.497 e. The largest absolute Gasteiger partial charge is 0.497 e. The number of nitrogens with zero attached hydrogens (tertiary/aromatic N) is 3. The van der Waals surface area contributed by atoms with Crippen LogP contribution in [0.25, 0.3) is 10.9 Å². The van der Waals surface area contributed by atoms with E-state index in [-0.39, 0.29) is 11.4 Å². The Bertz CT molecular complexity index is 1020. The summed E-state index contributed by atoms with van der Waals surface area (Å²) in [7, 11) is 1.55. The van der Waals surface area contributed by atoms with Crippen LogP contribution in [0.5, 0.6) is 5.75 Å². The number of hydrogen-bond acceptors (Lipinski definition) is 6. The van der Waals surface area contributed by atoms with Gasteiger partial charge in [-0.3, -0.25) is 9.59 Å². The first kappa shape index (κ1) is 17.7. The lowest BCUT2D eigenvalue weighted by molar-refractivity contribution is -0.119. The number of amides is 1. The normalized spacial score (nSPS) is 12.2. The first-order valence-corrected chi connectivity index (χ1v) is 8.26. The van der Waals surface area contributed by atoms with Crippen molar-refractivity contribution in [3.05, 3.63) is 46.1 Å². The van der Waals surface area contributed by atoms with E-state index >= 15 is 0 Å². The summed E-state index contributed by atoms with van der Waals surface area (Å²) in [6.07, 6.45) is 0.393. The molecule has 2 aromatic heterocycles. The zero-order valence-electron chi connectivity index (χ0n) is 15.1. The lowest BCUT2D eigenvalue weighted by Gasteiger charge is -2.17. The van der Waals surface area contributed by atoms with Crippen molar-refractivity contribution >= 4 is 22.5 Å². The minimum absolute atomic E-state index is 0.183. The Morgan fingerprint density at radius 2 is 2.15 bits per heavy atom. The van der Waals surface area contributed by atoms with E-state index in [0.717, 1.165) is 0 Å². The molecule has 0 bridgehead atoms. The Balaban J connectivity index is 1.98. The van der Waals surface area contributed by atoms with Crippen LogP contribution >= 0.6 is 0 Å². The van der Waals surface area contributed by atoms with Gasteiger partial charge in [0.2, 0.25) is 5.91 Å². The van der Waals surface area contributed by atoms with Crippen molar-refractivity contribution < 1.29 is 14.1 Å². The SMILES string of the molecule is CC[C@H](C(=O)Nc1cccc(OC)c1)n1nc(C)c2c(C)onc2c1=O. The summed E-state index contributed by atoms with van der Waals surface area (Å²) in [5, 5.41) is 11.5. The van der Waals surface area contributed by atoms with Gasteiger partial charge in [-0.25, -0.2) is 4.68 Å². The van der Waals surface area contributed by atoms with Crippen molar-refractivity contribution in [2.75, 3.05) is 12.4 Å². The van der Waals surface area contributed by atoms with Gasteiger partial charge < -0.3 is 14.6 Å². The van der Waals surface area contributed by atoms with Gasteiger partial charge in [-0.15, -0.1) is 0 Å². The van der Waals surface area contributed by atoms with Gasteiger partial charge in [0, 0.05) is 11.8 Å². The summed E-state index contributed by atoms with van der Waals surface area (Å²) in [5.41, 5.74) is 0.902. The second-order valence-corrected chi connectivity index (χ2v) is 5.94. The van der Waals surface area contributed by atoms with Gasteiger partial charge in [0.05, 0.1) is 18.2 Å². The summed E-state index contributed by atoms with van der Waals surface area (Å²) in [4.78, 5) is 25.5. The fraction of sp³-hybridized carbons (Fsp3) is 0.333. The molecule has 136 valence electrons. The minimum atomic E-state index is -0.770. The number of nitrogens with one attached hydrogen (secondary N) is 1. The molecule has 0 aliphatic heterocycles. The van der Waals surface area contributed by atoms with Crippen molar-refractivity contribution in [3.63, 3.8) is 0 Å². The Labute approximate surface area is 149 Å². The smallest absolute Gasteiger partial charge is 0.297 e. The Hall–Kier alpha value is -3.16. The van der Waals surface area contributed by atoms with E-state index in [4.69, 9.17) is 9.26 Å². The number of ether oxygens (including phenoxy) is 1. The topological polar surface area (TPSA) is 99.2 Å². The van der Waals surface area contributed by atoms with Crippen LogP contribution in [0.1, 0.15) is 30.8 Å². The van der Waals surface area contributed by atoms with Crippen molar-refractivity contribution in [3.8, 4) is 5.75 Å². The number of hydrogen-bond donors (Lipinski definition) is 1. The van der Waals surface area contributed by atoms with Crippen molar-refractivity contribution in [1.82, 2.24) is 14.9 Å². The molecule has 26 heavy (non-hydrogen) atoms. The predicted octanol–water partition coefficient (Wildman–Crippen LogP) is 2.60. The van der Waals surface area contributed by atoms with Gasteiger partial charge in [0.15, 0.2) is 5.52 Å². The monoisotopic (exact) mass is 356 g/mol. The Morgan fingerprint density at radius 3 is 2.85 bits per heavy atom. The number of carbonyl (C=O) groups excluding carboxylic acids is 1. The van der Waals surface area contributed by atoms with Crippen LogP contribution in [0, 0.1) is 13.8 Å². The molecule has 0 saturated heterocycles. The van der Waals surface area contributed by atoms with E-state index in [1.807, 2.05) is 6.92 Å². The summed E-state index contributed by atoms with van der Waals surface area (Å²) < 4.78 is 11.4. The summed E-state index contributed by atoms with van der Waals surface area (Å²) >= 11 is 0. The number of anilines is 1. The standard InChI is InChI=1S/C18H20N4O4/c1-5-14(17(23)19-12-7-6-8-13(9-12)25-4)22-18(24)16-15(10(2)20-22)11(3)26-21-16/h6-9,14H,5H2,1-4H3,(H,19,23)/t14-/m1/s1. The molecule has 0 unspecified atom stereocenters. The molecule has 0 aliphatic rings. The molecule has 0 fully saturated rings. The van der Waals surface area contributed by atoms with Crippen molar-refractivity contribution in [2.24, 2.45) is 0 Å². The van der Waals surface area contributed by atoms with Crippen LogP contribution in [0.15, 0.2) is 33.6 Å². The van der Waals surface area contributed by atoms with E-state index in [9.17, 15) is 9.59 Å². The molecule has 0 spiro atoms. The highest BCUT2D eigenvalue weighted by atomic mass is 16.5. The molecule has 3 rings (SSSR count). The summed E-state index contributed by atoms with van der Waals surface area (Å²) in [5.74, 6) is 0.818. The maximum atomic E-state index is 12.8. The summed E-state index contributed by atoms with van der Waals surface area (Å²) in [6, 6.07) is 6.24. The third kappa shape index (κ3) is 3.05. The fourth-order valence-corrected chi connectivity index (χ4v) is 2.92. The molecule has 1 N–H and O–H groups in total. The fourth-order valence-electron chi connectivity index (χ4n) is 2.92. The second-order valence-electron chi connectivity index (χ2n) is 5.94. The average molecular weight is 356 g/mol.